The van der Waals surface area contributed by atoms with Gasteiger partial charge in [-0.1, -0.05) is 39.8 Å². The van der Waals surface area contributed by atoms with Gasteiger partial charge >= 0.3 is 5.97 Å². The van der Waals surface area contributed by atoms with Gasteiger partial charge in [-0.2, -0.15) is 9.50 Å². The van der Waals surface area contributed by atoms with Gasteiger partial charge in [-0.15, -0.1) is 5.10 Å². The molecule has 136 valence electrons. The van der Waals surface area contributed by atoms with Gasteiger partial charge in [0.25, 0.3) is 5.78 Å². The molecule has 0 spiro atoms. The third-order valence-electron chi connectivity index (χ3n) is 3.54. The normalized spacial score (nSPS) is 11.0. The number of methoxy groups -OCH3 is 2. The molecular formula is C16H16BrN5O3S. The minimum atomic E-state index is -0.356. The molecule has 0 saturated heterocycles. The van der Waals surface area contributed by atoms with Gasteiger partial charge in [-0.05, 0) is 17.7 Å². The van der Waals surface area contributed by atoms with E-state index in [1.165, 1.54) is 11.6 Å². The number of hydrogen-bond donors (Lipinski definition) is 1. The lowest BCUT2D eigenvalue weighted by Gasteiger charge is -2.12. The van der Waals surface area contributed by atoms with E-state index in [2.05, 4.69) is 35.7 Å². The van der Waals surface area contributed by atoms with Crippen molar-refractivity contribution < 1.29 is 14.3 Å². The van der Waals surface area contributed by atoms with E-state index in [-0.39, 0.29) is 18.3 Å². The van der Waals surface area contributed by atoms with Crippen LogP contribution in [-0.2, 0) is 20.9 Å². The number of aromatic nitrogens is 4. The van der Waals surface area contributed by atoms with Crippen LogP contribution >= 0.6 is 27.7 Å². The number of nitrogens with two attached hydrogens (primary N) is 1. The molecular weight excluding hydrogens is 422 g/mol. The molecule has 8 nitrogen and oxygen atoms in total. The lowest BCUT2D eigenvalue weighted by molar-refractivity contribution is -0.137. The lowest BCUT2D eigenvalue weighted by atomic mass is 10.0. The number of carbonyl (C=O) groups excluding carboxylic acids is 1. The first kappa shape index (κ1) is 18.6. The molecule has 0 fully saturated rings. The van der Waals surface area contributed by atoms with Crippen molar-refractivity contribution in [1.29, 1.82) is 0 Å². The number of rotatable bonds is 6. The van der Waals surface area contributed by atoms with Crippen molar-refractivity contribution in [3.05, 3.63) is 34.4 Å². The molecule has 0 radical (unpaired) electrons. The van der Waals surface area contributed by atoms with Crippen molar-refractivity contribution in [1.82, 2.24) is 19.6 Å². The lowest BCUT2D eigenvalue weighted by Crippen LogP contribution is -2.08. The predicted molar refractivity (Wildman–Crippen MR) is 102 cm³/mol. The molecule has 2 aromatic heterocycles. The number of halogens is 1. The molecule has 0 saturated carbocycles. The molecule has 0 aliphatic carbocycles. The monoisotopic (exact) mass is 437 g/mol. The highest BCUT2D eigenvalue weighted by Gasteiger charge is 2.18. The summed E-state index contributed by atoms with van der Waals surface area (Å²) in [6, 6.07) is 7.72. The van der Waals surface area contributed by atoms with Gasteiger partial charge in [-0.25, -0.2) is 4.98 Å². The third kappa shape index (κ3) is 3.81. The summed E-state index contributed by atoms with van der Waals surface area (Å²) in [7, 11) is 2.93. The highest BCUT2D eigenvalue weighted by molar-refractivity contribution is 9.10. The Hall–Kier alpha value is -2.17. The van der Waals surface area contributed by atoms with Crippen LogP contribution in [0.5, 0.6) is 0 Å². The Balaban J connectivity index is 2.08. The average Bonchev–Trinajstić information content (AvgIpc) is 3.05. The van der Waals surface area contributed by atoms with Crippen LogP contribution in [0.4, 0.5) is 5.82 Å². The first-order valence-corrected chi connectivity index (χ1v) is 9.31. The minimum Gasteiger partial charge on any atom is -0.468 e. The minimum absolute atomic E-state index is 0.109. The Labute approximate surface area is 162 Å². The summed E-state index contributed by atoms with van der Waals surface area (Å²) < 4.78 is 12.3. The van der Waals surface area contributed by atoms with E-state index in [1.807, 2.05) is 24.3 Å². The number of anilines is 1. The Morgan fingerprint density at radius 3 is 2.65 bits per heavy atom. The number of fused-ring (bicyclic) bond motifs is 1. The topological polar surface area (TPSA) is 105 Å². The Bertz CT molecular complexity index is 945. The zero-order chi connectivity index (χ0) is 18.7. The molecule has 1 aromatic carbocycles. The molecule has 0 atom stereocenters. The molecule has 0 aliphatic rings. The van der Waals surface area contributed by atoms with Crippen molar-refractivity contribution in [2.75, 3.05) is 25.7 Å². The van der Waals surface area contributed by atoms with Gasteiger partial charge < -0.3 is 15.2 Å². The maximum absolute atomic E-state index is 11.3. The molecule has 0 aliphatic heterocycles. The molecule has 3 rings (SSSR count). The van der Waals surface area contributed by atoms with Gasteiger partial charge in [0.1, 0.15) is 5.82 Å². The van der Waals surface area contributed by atoms with Gasteiger partial charge in [0, 0.05) is 17.1 Å². The van der Waals surface area contributed by atoms with Crippen LogP contribution in [0.1, 0.15) is 5.69 Å². The second-order valence-electron chi connectivity index (χ2n) is 5.23. The highest BCUT2D eigenvalue weighted by atomic mass is 79.9. The Morgan fingerprint density at radius 2 is 2.00 bits per heavy atom. The maximum Gasteiger partial charge on any atom is 0.316 e. The number of esters is 1. The number of hydrogen-bond acceptors (Lipinski definition) is 8. The van der Waals surface area contributed by atoms with Crippen LogP contribution in [0.2, 0.25) is 0 Å². The molecule has 3 aromatic rings. The summed E-state index contributed by atoms with van der Waals surface area (Å²) in [5.41, 5.74) is 8.66. The van der Waals surface area contributed by atoms with Crippen LogP contribution in [0.15, 0.2) is 33.9 Å². The summed E-state index contributed by atoms with van der Waals surface area (Å²) in [6.07, 6.45) is 0. The van der Waals surface area contributed by atoms with E-state index in [1.54, 1.807) is 7.11 Å². The molecule has 0 bridgehead atoms. The van der Waals surface area contributed by atoms with E-state index >= 15 is 0 Å². The molecule has 0 unspecified atom stereocenters. The van der Waals surface area contributed by atoms with Crippen LogP contribution < -0.4 is 5.73 Å². The van der Waals surface area contributed by atoms with Crippen LogP contribution in [0.3, 0.4) is 0 Å². The second kappa shape index (κ2) is 8.02. The Morgan fingerprint density at radius 1 is 1.27 bits per heavy atom. The summed E-state index contributed by atoms with van der Waals surface area (Å²) in [4.78, 5) is 20.2. The quantitative estimate of drug-likeness (QED) is 0.463. The van der Waals surface area contributed by atoms with Crippen LogP contribution in [0.25, 0.3) is 16.9 Å². The summed E-state index contributed by atoms with van der Waals surface area (Å²) in [6.45, 7) is 0.281. The molecule has 26 heavy (non-hydrogen) atoms. The SMILES string of the molecule is COCc1nc2nc(SCC(=O)OC)nn2c(N)c1-c1ccc(Br)cc1. The fourth-order valence-corrected chi connectivity index (χ4v) is 3.28. The van der Waals surface area contributed by atoms with E-state index in [0.717, 1.165) is 27.4 Å². The second-order valence-corrected chi connectivity index (χ2v) is 7.09. The Kier molecular flexibility index (Phi) is 5.74. The first-order valence-electron chi connectivity index (χ1n) is 7.53. The van der Waals surface area contributed by atoms with Gasteiger partial charge in [0.15, 0.2) is 0 Å². The molecule has 2 heterocycles. The van der Waals surface area contributed by atoms with Crippen LogP contribution in [0, 0.1) is 0 Å². The summed E-state index contributed by atoms with van der Waals surface area (Å²) in [5.74, 6) is 0.507. The van der Waals surface area contributed by atoms with Crippen LogP contribution in [-0.4, -0.2) is 45.5 Å². The first-order chi connectivity index (χ1) is 12.5. The predicted octanol–water partition coefficient (Wildman–Crippen LogP) is 2.55. The van der Waals surface area contributed by atoms with Gasteiger partial charge in [0.2, 0.25) is 5.16 Å². The number of thioether (sulfide) groups is 1. The number of carbonyl (C=O) groups is 1. The fourth-order valence-electron chi connectivity index (χ4n) is 2.37. The molecule has 2 N–H and O–H groups in total. The van der Waals surface area contributed by atoms with E-state index in [4.69, 9.17) is 10.5 Å². The van der Waals surface area contributed by atoms with E-state index in [9.17, 15) is 4.79 Å². The fraction of sp³-hybridized carbons (Fsp3) is 0.250. The molecule has 0 amide bonds. The number of benzene rings is 1. The maximum atomic E-state index is 11.3. The molecule has 10 heteroatoms. The van der Waals surface area contributed by atoms with E-state index in [0.29, 0.717) is 22.4 Å². The van der Waals surface area contributed by atoms with Crippen molar-refractivity contribution in [3.63, 3.8) is 0 Å². The smallest absolute Gasteiger partial charge is 0.316 e. The number of nitrogen functional groups attached to an aromatic ring is 1. The summed E-state index contributed by atoms with van der Waals surface area (Å²) >= 11 is 4.58. The van der Waals surface area contributed by atoms with Crippen molar-refractivity contribution in [2.24, 2.45) is 0 Å². The van der Waals surface area contributed by atoms with Gasteiger partial charge in [-0.3, -0.25) is 4.79 Å². The zero-order valence-electron chi connectivity index (χ0n) is 14.1. The van der Waals surface area contributed by atoms with E-state index < -0.39 is 0 Å². The van der Waals surface area contributed by atoms with Crippen molar-refractivity contribution >= 4 is 45.3 Å². The summed E-state index contributed by atoms with van der Waals surface area (Å²) in [5, 5.41) is 4.74. The van der Waals surface area contributed by atoms with Gasteiger partial charge in [0.05, 0.1) is 25.2 Å². The average molecular weight is 438 g/mol. The zero-order valence-corrected chi connectivity index (χ0v) is 16.5. The van der Waals surface area contributed by atoms with Crippen molar-refractivity contribution in [3.8, 4) is 11.1 Å². The third-order valence-corrected chi connectivity index (χ3v) is 4.88. The highest BCUT2D eigenvalue weighted by Crippen LogP contribution is 2.31. The largest absolute Gasteiger partial charge is 0.468 e. The number of ether oxygens (including phenoxy) is 2. The standard InChI is InChI=1S/C16H16BrN5O3S/c1-24-7-11-13(9-3-5-10(17)6-4-9)14(18)22-15(19-11)20-16(21-22)26-8-12(23)25-2/h3-6H,7-8,18H2,1-2H3. The van der Waals surface area contributed by atoms with Crippen molar-refractivity contribution in [2.45, 2.75) is 11.8 Å². The number of nitrogens with zero attached hydrogens (tertiary/aromatic N) is 4.